The van der Waals surface area contributed by atoms with E-state index in [1.807, 2.05) is 0 Å². The van der Waals surface area contributed by atoms with E-state index in [4.69, 9.17) is 0 Å². The maximum absolute atomic E-state index is 13.6. The Kier molecular flexibility index (Phi) is 5.12. The quantitative estimate of drug-likeness (QED) is 0.735. The Hall–Kier alpha value is -1.54. The molecule has 0 spiro atoms. The first-order chi connectivity index (χ1) is 10.3. The third-order valence-corrected chi connectivity index (χ3v) is 4.24. The van der Waals surface area contributed by atoms with Crippen LogP contribution in [0.15, 0.2) is 18.2 Å². The van der Waals surface area contributed by atoms with Crippen LogP contribution in [-0.4, -0.2) is 33.7 Å². The van der Waals surface area contributed by atoms with Crippen LogP contribution in [0.25, 0.3) is 0 Å². The Morgan fingerprint density at radius 2 is 1.91 bits per heavy atom. The smallest absolute Gasteiger partial charge is 0.223 e. The van der Waals surface area contributed by atoms with Crippen molar-refractivity contribution in [3.8, 4) is 0 Å². The number of hydrogen-bond donors (Lipinski definition) is 2. The molecule has 1 amide bonds. The van der Waals surface area contributed by atoms with E-state index in [1.165, 1.54) is 18.2 Å². The second-order valence-electron chi connectivity index (χ2n) is 5.40. The van der Waals surface area contributed by atoms with E-state index in [2.05, 4.69) is 10.0 Å². The number of halogens is 2. The largest absolute Gasteiger partial charge is 0.356 e. The van der Waals surface area contributed by atoms with Crippen molar-refractivity contribution in [1.29, 1.82) is 0 Å². The Bertz CT molecular complexity index is 644. The molecule has 1 aromatic rings. The van der Waals surface area contributed by atoms with Gasteiger partial charge in [0, 0.05) is 30.5 Å². The van der Waals surface area contributed by atoms with Gasteiger partial charge in [-0.05, 0) is 25.0 Å². The Morgan fingerprint density at radius 1 is 1.27 bits per heavy atom. The highest BCUT2D eigenvalue weighted by Crippen LogP contribution is 2.49. The average molecular weight is 332 g/mol. The molecule has 1 aromatic carbocycles. The van der Waals surface area contributed by atoms with Crippen molar-refractivity contribution in [3.63, 3.8) is 0 Å². The molecular formula is C14H18F2N2O3S. The predicted octanol–water partition coefficient (Wildman–Crippen LogP) is 1.12. The zero-order valence-corrected chi connectivity index (χ0v) is 12.9. The molecule has 1 aliphatic rings. The van der Waals surface area contributed by atoms with Crippen LogP contribution in [0.5, 0.6) is 0 Å². The van der Waals surface area contributed by atoms with E-state index < -0.39 is 33.5 Å². The lowest BCUT2D eigenvalue weighted by molar-refractivity contribution is -0.122. The molecule has 0 heterocycles. The fraction of sp³-hybridized carbons (Fsp3) is 0.500. The minimum absolute atomic E-state index is 0.0265. The normalized spacial score (nSPS) is 20.7. The lowest BCUT2D eigenvalue weighted by Gasteiger charge is -2.06. The topological polar surface area (TPSA) is 75.3 Å². The number of rotatable bonds is 7. The molecule has 0 bridgehead atoms. The van der Waals surface area contributed by atoms with Gasteiger partial charge in [-0.15, -0.1) is 0 Å². The molecule has 2 unspecified atom stereocenters. The van der Waals surface area contributed by atoms with Crippen molar-refractivity contribution < 1.29 is 22.0 Å². The van der Waals surface area contributed by atoms with Gasteiger partial charge < -0.3 is 5.32 Å². The molecule has 122 valence electrons. The lowest BCUT2D eigenvalue weighted by Crippen LogP contribution is -2.30. The van der Waals surface area contributed by atoms with Gasteiger partial charge in [0.1, 0.15) is 11.6 Å². The highest BCUT2D eigenvalue weighted by atomic mass is 32.2. The van der Waals surface area contributed by atoms with E-state index in [0.717, 1.165) is 6.26 Å². The molecule has 2 N–H and O–H groups in total. The maximum Gasteiger partial charge on any atom is 0.223 e. The van der Waals surface area contributed by atoms with Gasteiger partial charge in [-0.25, -0.2) is 21.9 Å². The Morgan fingerprint density at radius 3 is 2.50 bits per heavy atom. The summed E-state index contributed by atoms with van der Waals surface area (Å²) >= 11 is 0. The van der Waals surface area contributed by atoms with Crippen LogP contribution in [0.4, 0.5) is 8.78 Å². The highest BCUT2D eigenvalue weighted by Gasteiger charge is 2.46. The summed E-state index contributed by atoms with van der Waals surface area (Å²) in [5, 5.41) is 2.65. The minimum atomic E-state index is -3.23. The van der Waals surface area contributed by atoms with E-state index in [9.17, 15) is 22.0 Å². The van der Waals surface area contributed by atoms with Gasteiger partial charge in [0.2, 0.25) is 15.9 Å². The van der Waals surface area contributed by atoms with Crippen LogP contribution in [0.3, 0.4) is 0 Å². The first kappa shape index (κ1) is 16.8. The van der Waals surface area contributed by atoms with Crippen molar-refractivity contribution in [1.82, 2.24) is 10.0 Å². The summed E-state index contributed by atoms with van der Waals surface area (Å²) in [7, 11) is -3.23. The summed E-state index contributed by atoms with van der Waals surface area (Å²) in [4.78, 5) is 11.9. The van der Waals surface area contributed by atoms with E-state index in [0.29, 0.717) is 19.4 Å². The highest BCUT2D eigenvalue weighted by molar-refractivity contribution is 7.88. The number of hydrogen-bond acceptors (Lipinski definition) is 3. The van der Waals surface area contributed by atoms with Crippen LogP contribution in [0.1, 0.15) is 24.3 Å². The summed E-state index contributed by atoms with van der Waals surface area (Å²) in [5.41, 5.74) is -0.0265. The summed E-state index contributed by atoms with van der Waals surface area (Å²) in [5.74, 6) is -2.35. The summed E-state index contributed by atoms with van der Waals surface area (Å²) in [6, 6.07) is 3.66. The Labute approximate surface area is 128 Å². The first-order valence-electron chi connectivity index (χ1n) is 6.96. The van der Waals surface area contributed by atoms with Gasteiger partial charge in [0.05, 0.1) is 6.26 Å². The third-order valence-electron chi connectivity index (χ3n) is 3.51. The third kappa shape index (κ3) is 4.48. The summed E-state index contributed by atoms with van der Waals surface area (Å²) in [6.07, 6.45) is 1.93. The molecule has 2 rings (SSSR count). The van der Waals surface area contributed by atoms with Crippen LogP contribution >= 0.6 is 0 Å². The summed E-state index contributed by atoms with van der Waals surface area (Å²) < 4.78 is 51.2. The predicted molar refractivity (Wildman–Crippen MR) is 77.7 cm³/mol. The Balaban J connectivity index is 1.77. The number of sulfonamides is 1. The average Bonchev–Trinajstić information content (AvgIpc) is 3.17. The fourth-order valence-electron chi connectivity index (χ4n) is 2.36. The van der Waals surface area contributed by atoms with Gasteiger partial charge in [0.15, 0.2) is 0 Å². The zero-order chi connectivity index (χ0) is 16.3. The number of carbonyl (C=O) groups excluding carboxylic acids is 1. The molecular weight excluding hydrogens is 314 g/mol. The van der Waals surface area contributed by atoms with Gasteiger partial charge in [-0.1, -0.05) is 6.07 Å². The lowest BCUT2D eigenvalue weighted by atomic mass is 10.1. The van der Waals surface area contributed by atoms with Crippen molar-refractivity contribution in [2.75, 3.05) is 19.3 Å². The number of nitrogens with one attached hydrogen (secondary N) is 2. The van der Waals surface area contributed by atoms with Crippen molar-refractivity contribution in [3.05, 3.63) is 35.4 Å². The number of amides is 1. The van der Waals surface area contributed by atoms with Crippen molar-refractivity contribution in [2.24, 2.45) is 5.92 Å². The molecule has 1 fully saturated rings. The van der Waals surface area contributed by atoms with E-state index in [1.54, 1.807) is 0 Å². The fourth-order valence-corrected chi connectivity index (χ4v) is 2.87. The molecule has 0 saturated heterocycles. The minimum Gasteiger partial charge on any atom is -0.356 e. The standard InChI is InChI=1S/C14H18F2N2O3S/c1-22(20,21)18-7-3-6-17-14(19)10-8-9(10)13-11(15)4-2-5-12(13)16/h2,4-5,9-10,18H,3,6-8H2,1H3,(H,17,19). The van der Waals surface area contributed by atoms with Crippen LogP contribution in [0.2, 0.25) is 0 Å². The summed E-state index contributed by atoms with van der Waals surface area (Å²) in [6.45, 7) is 0.541. The van der Waals surface area contributed by atoms with Gasteiger partial charge >= 0.3 is 0 Å². The van der Waals surface area contributed by atoms with E-state index in [-0.39, 0.29) is 18.0 Å². The molecule has 5 nitrogen and oxygen atoms in total. The molecule has 8 heteroatoms. The second kappa shape index (κ2) is 6.70. The molecule has 0 aliphatic heterocycles. The number of carbonyl (C=O) groups is 1. The SMILES string of the molecule is CS(=O)(=O)NCCCNC(=O)C1CC1c1c(F)cccc1F. The van der Waals surface area contributed by atoms with Crippen LogP contribution < -0.4 is 10.0 Å². The molecule has 1 aliphatic carbocycles. The van der Waals surface area contributed by atoms with Gasteiger partial charge in [-0.2, -0.15) is 0 Å². The van der Waals surface area contributed by atoms with Crippen LogP contribution in [-0.2, 0) is 14.8 Å². The molecule has 0 aromatic heterocycles. The van der Waals surface area contributed by atoms with E-state index >= 15 is 0 Å². The van der Waals surface area contributed by atoms with Gasteiger partial charge in [-0.3, -0.25) is 4.79 Å². The number of benzene rings is 1. The second-order valence-corrected chi connectivity index (χ2v) is 7.23. The monoisotopic (exact) mass is 332 g/mol. The molecule has 0 radical (unpaired) electrons. The zero-order valence-electron chi connectivity index (χ0n) is 12.1. The molecule has 1 saturated carbocycles. The van der Waals surface area contributed by atoms with Gasteiger partial charge in [0.25, 0.3) is 0 Å². The van der Waals surface area contributed by atoms with Crippen molar-refractivity contribution in [2.45, 2.75) is 18.8 Å². The van der Waals surface area contributed by atoms with Crippen LogP contribution in [0, 0.1) is 17.6 Å². The molecule has 22 heavy (non-hydrogen) atoms. The first-order valence-corrected chi connectivity index (χ1v) is 8.85. The molecule has 2 atom stereocenters. The maximum atomic E-state index is 13.6. The van der Waals surface area contributed by atoms with Crippen molar-refractivity contribution >= 4 is 15.9 Å².